The number of carbonyl (C=O) groups is 1. The highest BCUT2D eigenvalue weighted by atomic mass is 16.3. The Morgan fingerprint density at radius 3 is 2.62 bits per heavy atom. The largest absolute Gasteiger partial charge is 0.383 e. The molecule has 1 amide bonds. The summed E-state index contributed by atoms with van der Waals surface area (Å²) >= 11 is 0. The van der Waals surface area contributed by atoms with Crippen molar-refractivity contribution in [3.63, 3.8) is 0 Å². The summed E-state index contributed by atoms with van der Waals surface area (Å²) in [5.41, 5.74) is 0.974. The summed E-state index contributed by atoms with van der Waals surface area (Å²) in [6.07, 6.45) is 4.44. The fourth-order valence-electron chi connectivity index (χ4n) is 4.20. The van der Waals surface area contributed by atoms with Crippen LogP contribution in [0.5, 0.6) is 0 Å². The van der Waals surface area contributed by atoms with Gasteiger partial charge < -0.3 is 10.0 Å². The Hall–Kier alpha value is -2.21. The number of nitrogens with zero attached hydrogens (tertiary/aromatic N) is 4. The second kappa shape index (κ2) is 7.19. The van der Waals surface area contributed by atoms with Crippen molar-refractivity contribution in [1.82, 2.24) is 19.7 Å². The number of aromatic nitrogens is 3. The van der Waals surface area contributed by atoms with Gasteiger partial charge in [-0.25, -0.2) is 9.67 Å². The fraction of sp³-hybridized carbons (Fsp3) is 0.550. The average Bonchev–Trinajstić information content (AvgIpc) is 3.14. The van der Waals surface area contributed by atoms with Gasteiger partial charge in [0, 0.05) is 12.1 Å². The first-order chi connectivity index (χ1) is 12.6. The van der Waals surface area contributed by atoms with E-state index in [1.165, 1.54) is 6.42 Å². The van der Waals surface area contributed by atoms with Crippen LogP contribution in [0.15, 0.2) is 30.3 Å². The molecular weight excluding hydrogens is 328 g/mol. The molecule has 0 bridgehead atoms. The van der Waals surface area contributed by atoms with Gasteiger partial charge in [-0.1, -0.05) is 49.6 Å². The monoisotopic (exact) mass is 354 g/mol. The van der Waals surface area contributed by atoms with Gasteiger partial charge in [-0.05, 0) is 25.7 Å². The van der Waals surface area contributed by atoms with Gasteiger partial charge in [-0.3, -0.25) is 4.79 Å². The zero-order valence-corrected chi connectivity index (χ0v) is 15.2. The third-order valence-electron chi connectivity index (χ3n) is 5.76. The van der Waals surface area contributed by atoms with Crippen molar-refractivity contribution in [1.29, 1.82) is 0 Å². The molecule has 1 aliphatic carbocycles. The molecule has 1 N–H and O–H groups in total. The molecule has 138 valence electrons. The summed E-state index contributed by atoms with van der Waals surface area (Å²) in [6, 6.07) is 9.70. The topological polar surface area (TPSA) is 71.2 Å². The molecule has 0 spiro atoms. The summed E-state index contributed by atoms with van der Waals surface area (Å²) < 4.78 is 1.89. The molecule has 1 saturated carbocycles. The number of rotatable bonds is 3. The van der Waals surface area contributed by atoms with Gasteiger partial charge in [0.15, 0.2) is 5.82 Å². The zero-order chi connectivity index (χ0) is 18.1. The van der Waals surface area contributed by atoms with Crippen molar-refractivity contribution in [3.8, 4) is 11.4 Å². The molecule has 2 atom stereocenters. The zero-order valence-electron chi connectivity index (χ0n) is 15.2. The number of aliphatic hydroxyl groups is 1. The van der Waals surface area contributed by atoms with E-state index < -0.39 is 6.10 Å². The molecule has 1 aromatic heterocycles. The SMILES string of the molecule is C[C@H]1c2nc(-c3ccccc3)nn2CCN1C(=O)[C@H](O)C1CCCCC1. The van der Waals surface area contributed by atoms with E-state index in [0.717, 1.165) is 37.1 Å². The Morgan fingerprint density at radius 2 is 1.88 bits per heavy atom. The lowest BCUT2D eigenvalue weighted by Crippen LogP contribution is -2.48. The molecule has 26 heavy (non-hydrogen) atoms. The first-order valence-corrected chi connectivity index (χ1v) is 9.64. The first-order valence-electron chi connectivity index (χ1n) is 9.64. The van der Waals surface area contributed by atoms with Crippen molar-refractivity contribution in [2.24, 2.45) is 5.92 Å². The highest BCUT2D eigenvalue weighted by molar-refractivity contribution is 5.81. The molecule has 2 aliphatic rings. The predicted octanol–water partition coefficient (Wildman–Crippen LogP) is 2.79. The number of amides is 1. The van der Waals surface area contributed by atoms with E-state index >= 15 is 0 Å². The Labute approximate surface area is 153 Å². The Kier molecular flexibility index (Phi) is 4.76. The van der Waals surface area contributed by atoms with E-state index in [2.05, 4.69) is 10.1 Å². The number of benzene rings is 1. The van der Waals surface area contributed by atoms with Gasteiger partial charge in [-0.2, -0.15) is 5.10 Å². The Morgan fingerprint density at radius 1 is 1.15 bits per heavy atom. The maximum atomic E-state index is 12.9. The van der Waals surface area contributed by atoms with Gasteiger partial charge in [0.25, 0.3) is 5.91 Å². The minimum atomic E-state index is -0.888. The number of hydrogen-bond acceptors (Lipinski definition) is 4. The van der Waals surface area contributed by atoms with Crippen LogP contribution in [0.3, 0.4) is 0 Å². The molecule has 0 saturated heterocycles. The van der Waals surface area contributed by atoms with Crippen LogP contribution in [-0.2, 0) is 11.3 Å². The predicted molar refractivity (Wildman–Crippen MR) is 98.2 cm³/mol. The Balaban J connectivity index is 1.53. The molecule has 1 aromatic carbocycles. The molecule has 6 heteroatoms. The van der Waals surface area contributed by atoms with Crippen molar-refractivity contribution in [2.45, 2.75) is 57.7 Å². The third kappa shape index (κ3) is 3.14. The lowest BCUT2D eigenvalue weighted by atomic mass is 9.84. The van der Waals surface area contributed by atoms with E-state index in [9.17, 15) is 9.90 Å². The highest BCUT2D eigenvalue weighted by Crippen LogP contribution is 2.31. The summed E-state index contributed by atoms with van der Waals surface area (Å²) in [4.78, 5) is 19.4. The van der Waals surface area contributed by atoms with Crippen molar-refractivity contribution in [2.75, 3.05) is 6.54 Å². The van der Waals surface area contributed by atoms with Crippen LogP contribution in [0.4, 0.5) is 0 Å². The number of hydrogen-bond donors (Lipinski definition) is 1. The number of carbonyl (C=O) groups excluding carboxylic acids is 1. The minimum absolute atomic E-state index is 0.100. The smallest absolute Gasteiger partial charge is 0.252 e. The molecule has 1 aliphatic heterocycles. The van der Waals surface area contributed by atoms with Crippen LogP contribution in [0.1, 0.15) is 50.9 Å². The number of aliphatic hydroxyl groups excluding tert-OH is 1. The van der Waals surface area contributed by atoms with Crippen LogP contribution in [-0.4, -0.2) is 43.3 Å². The van der Waals surface area contributed by atoms with Crippen LogP contribution in [0, 0.1) is 5.92 Å². The van der Waals surface area contributed by atoms with E-state index in [-0.39, 0.29) is 17.9 Å². The summed E-state index contributed by atoms with van der Waals surface area (Å²) in [5.74, 6) is 1.43. The second-order valence-corrected chi connectivity index (χ2v) is 7.43. The summed E-state index contributed by atoms with van der Waals surface area (Å²) in [7, 11) is 0. The van der Waals surface area contributed by atoms with Gasteiger partial charge in [0.1, 0.15) is 11.9 Å². The maximum absolute atomic E-state index is 12.9. The van der Waals surface area contributed by atoms with Gasteiger partial charge in [0.05, 0.1) is 12.6 Å². The fourth-order valence-corrected chi connectivity index (χ4v) is 4.20. The van der Waals surface area contributed by atoms with Crippen LogP contribution in [0.2, 0.25) is 0 Å². The minimum Gasteiger partial charge on any atom is -0.383 e. The number of fused-ring (bicyclic) bond motifs is 1. The molecule has 0 unspecified atom stereocenters. The van der Waals surface area contributed by atoms with Crippen molar-refractivity contribution in [3.05, 3.63) is 36.2 Å². The molecule has 2 heterocycles. The van der Waals surface area contributed by atoms with Crippen molar-refractivity contribution < 1.29 is 9.90 Å². The average molecular weight is 354 g/mol. The highest BCUT2D eigenvalue weighted by Gasteiger charge is 2.36. The van der Waals surface area contributed by atoms with Crippen LogP contribution < -0.4 is 0 Å². The molecular formula is C20H26N4O2. The lowest BCUT2D eigenvalue weighted by molar-refractivity contribution is -0.147. The van der Waals surface area contributed by atoms with Gasteiger partial charge >= 0.3 is 0 Å². The Bertz CT molecular complexity index is 767. The molecule has 6 nitrogen and oxygen atoms in total. The standard InChI is InChI=1S/C20H26N4O2/c1-14-19-21-18(16-10-6-3-7-11-16)22-24(19)13-12-23(14)20(26)17(25)15-8-4-2-5-9-15/h3,6-7,10-11,14-15,17,25H,2,4-5,8-9,12-13H2,1H3/t14-,17+/m0/s1. The van der Waals surface area contributed by atoms with E-state index in [1.54, 1.807) is 4.90 Å². The normalized spacial score (nSPS) is 22.1. The van der Waals surface area contributed by atoms with Crippen LogP contribution >= 0.6 is 0 Å². The van der Waals surface area contributed by atoms with E-state index in [0.29, 0.717) is 18.9 Å². The van der Waals surface area contributed by atoms with Crippen LogP contribution in [0.25, 0.3) is 11.4 Å². The summed E-state index contributed by atoms with van der Waals surface area (Å²) in [5, 5.41) is 15.2. The van der Waals surface area contributed by atoms with Gasteiger partial charge in [-0.15, -0.1) is 0 Å². The van der Waals surface area contributed by atoms with Crippen molar-refractivity contribution >= 4 is 5.91 Å². The lowest BCUT2D eigenvalue weighted by Gasteiger charge is -2.36. The van der Waals surface area contributed by atoms with E-state index in [1.807, 2.05) is 41.9 Å². The van der Waals surface area contributed by atoms with E-state index in [4.69, 9.17) is 0 Å². The quantitative estimate of drug-likeness (QED) is 0.920. The van der Waals surface area contributed by atoms with Gasteiger partial charge in [0.2, 0.25) is 0 Å². The maximum Gasteiger partial charge on any atom is 0.252 e. The summed E-state index contributed by atoms with van der Waals surface area (Å²) in [6.45, 7) is 3.15. The molecule has 2 aromatic rings. The molecule has 4 rings (SSSR count). The molecule has 0 radical (unpaired) electrons. The first kappa shape index (κ1) is 17.2. The second-order valence-electron chi connectivity index (χ2n) is 7.43. The molecule has 1 fully saturated rings. The third-order valence-corrected chi connectivity index (χ3v) is 5.76.